The molecule has 70 valence electrons. The molecule has 0 fully saturated rings. The number of benzene rings is 1. The van der Waals surface area contributed by atoms with Crippen LogP contribution in [0.1, 0.15) is 16.8 Å². The summed E-state index contributed by atoms with van der Waals surface area (Å²) in [5.74, 6) is -0.345. The number of Topliss-reactive ketones (excluding diaryl/α,β-unsaturated/α-hetero) is 1. The molecule has 2 rings (SSSR count). The van der Waals surface area contributed by atoms with E-state index in [4.69, 9.17) is 0 Å². The second kappa shape index (κ2) is 3.06. The maximum atomic E-state index is 11.6. The molecule has 4 nitrogen and oxygen atoms in total. The molecule has 1 aromatic rings. The predicted octanol–water partition coefficient (Wildman–Crippen LogP) is 1.05. The van der Waals surface area contributed by atoms with Gasteiger partial charge in [0.1, 0.15) is 11.8 Å². The van der Waals surface area contributed by atoms with Crippen LogP contribution in [0.15, 0.2) is 24.3 Å². The second-order valence-corrected chi connectivity index (χ2v) is 2.96. The molecule has 0 amide bonds. The van der Waals surface area contributed by atoms with Gasteiger partial charge in [-0.1, -0.05) is 12.1 Å². The summed E-state index contributed by atoms with van der Waals surface area (Å²) in [5.41, 5.74) is 0.704. The van der Waals surface area contributed by atoms with Crippen molar-refractivity contribution >= 4 is 23.5 Å². The Balaban J connectivity index is 2.56. The summed E-state index contributed by atoms with van der Waals surface area (Å²) >= 11 is 0. The van der Waals surface area contributed by atoms with Gasteiger partial charge in [0.2, 0.25) is 11.4 Å². The molecule has 0 atom stereocenters. The van der Waals surface area contributed by atoms with Crippen molar-refractivity contribution in [3.8, 4) is 0 Å². The van der Waals surface area contributed by atoms with E-state index >= 15 is 0 Å². The van der Waals surface area contributed by atoms with E-state index < -0.39 is 0 Å². The van der Waals surface area contributed by atoms with E-state index in [0.717, 1.165) is 0 Å². The van der Waals surface area contributed by atoms with Crippen molar-refractivity contribution < 1.29 is 14.3 Å². The quantitative estimate of drug-likeness (QED) is 0.397. The van der Waals surface area contributed by atoms with Crippen molar-refractivity contribution in [3.63, 3.8) is 0 Å². The zero-order valence-electron chi connectivity index (χ0n) is 7.27. The van der Waals surface area contributed by atoms with Crippen LogP contribution in [0.5, 0.6) is 0 Å². The molecule has 1 aliphatic heterocycles. The Morgan fingerprint density at radius 1 is 1.36 bits per heavy atom. The van der Waals surface area contributed by atoms with Gasteiger partial charge in [0.05, 0.1) is 6.42 Å². The third-order valence-corrected chi connectivity index (χ3v) is 2.15. The summed E-state index contributed by atoms with van der Waals surface area (Å²) < 4.78 is 0.534. The zero-order chi connectivity index (χ0) is 10.1. The third kappa shape index (κ3) is 1.04. The van der Waals surface area contributed by atoms with Gasteiger partial charge in [-0.15, -0.1) is 0 Å². The number of hydrogen-bond acceptors (Lipinski definition) is 3. The van der Waals surface area contributed by atoms with Crippen LogP contribution in [0.25, 0.3) is 0 Å². The normalized spacial score (nSPS) is 14.4. The Labute approximate surface area is 80.1 Å². The Morgan fingerprint density at radius 3 is 2.71 bits per heavy atom. The molecule has 1 aliphatic rings. The maximum Gasteiger partial charge on any atom is 0.260 e. The van der Waals surface area contributed by atoms with Crippen LogP contribution in [-0.2, 0) is 4.79 Å². The number of aldehydes is 1. The first kappa shape index (κ1) is 8.62. The smallest absolute Gasteiger partial charge is 0.260 e. The van der Waals surface area contributed by atoms with Crippen LogP contribution in [0.3, 0.4) is 0 Å². The molecule has 1 aromatic carbocycles. The monoisotopic (exact) mass is 189 g/mol. The summed E-state index contributed by atoms with van der Waals surface area (Å²) in [6, 6.07) is 6.52. The van der Waals surface area contributed by atoms with Gasteiger partial charge in [-0.3, -0.25) is 4.79 Å². The first-order valence-electron chi connectivity index (χ1n) is 4.16. The highest BCUT2D eigenvalue weighted by Crippen LogP contribution is 2.25. The summed E-state index contributed by atoms with van der Waals surface area (Å²) in [6.07, 6.45) is 0.432. The minimum atomic E-state index is -0.345. The summed E-state index contributed by atoms with van der Waals surface area (Å²) in [5, 5.41) is 11.5. The van der Waals surface area contributed by atoms with E-state index in [1.165, 1.54) is 0 Å². The van der Waals surface area contributed by atoms with E-state index in [9.17, 15) is 14.8 Å². The largest absolute Gasteiger partial charge is 0.618 e. The molecule has 0 N–H and O–H groups in total. The number of ketones is 1. The number of hydrogen-bond donors (Lipinski definition) is 0. The van der Waals surface area contributed by atoms with E-state index in [1.54, 1.807) is 24.3 Å². The lowest BCUT2D eigenvalue weighted by atomic mass is 10.1. The van der Waals surface area contributed by atoms with E-state index in [1.807, 2.05) is 0 Å². The lowest BCUT2D eigenvalue weighted by molar-refractivity contribution is -0.357. The van der Waals surface area contributed by atoms with Gasteiger partial charge in [0.15, 0.2) is 0 Å². The molecule has 14 heavy (non-hydrogen) atoms. The number of rotatable bonds is 2. The van der Waals surface area contributed by atoms with Crippen molar-refractivity contribution in [2.24, 2.45) is 0 Å². The fourth-order valence-electron chi connectivity index (χ4n) is 1.49. The molecule has 0 radical (unpaired) electrons. The summed E-state index contributed by atoms with van der Waals surface area (Å²) in [7, 11) is 0. The molecule has 0 aromatic heterocycles. The van der Waals surface area contributed by atoms with Gasteiger partial charge in [-0.25, -0.2) is 0 Å². The van der Waals surface area contributed by atoms with E-state index in [2.05, 4.69) is 0 Å². The molecule has 0 aliphatic carbocycles. The van der Waals surface area contributed by atoms with Gasteiger partial charge >= 0.3 is 0 Å². The van der Waals surface area contributed by atoms with Crippen molar-refractivity contribution in [2.75, 3.05) is 0 Å². The van der Waals surface area contributed by atoms with Gasteiger partial charge in [0.25, 0.3) is 5.78 Å². The van der Waals surface area contributed by atoms with E-state index in [-0.39, 0.29) is 17.9 Å². The molecule has 4 heteroatoms. The number of para-hydroxylation sites is 1. The van der Waals surface area contributed by atoms with Crippen LogP contribution in [0.4, 0.5) is 5.69 Å². The minimum Gasteiger partial charge on any atom is -0.618 e. The standard InChI is InChI=1S/C10H7NO3/c12-6-5-9-10(13)7-3-1-2-4-8(7)11(9)14/h1-4,6H,5H2. The van der Waals surface area contributed by atoms with Gasteiger partial charge in [0, 0.05) is 6.07 Å². The molecule has 0 saturated heterocycles. The number of fused-ring (bicyclic) bond motifs is 1. The number of carbonyl (C=O) groups is 2. The summed E-state index contributed by atoms with van der Waals surface area (Å²) in [6.45, 7) is 0. The average molecular weight is 189 g/mol. The first-order chi connectivity index (χ1) is 6.75. The van der Waals surface area contributed by atoms with Crippen molar-refractivity contribution in [1.82, 2.24) is 0 Å². The topological polar surface area (TPSA) is 60.2 Å². The van der Waals surface area contributed by atoms with Crippen molar-refractivity contribution in [1.29, 1.82) is 0 Å². The molecule has 0 saturated carbocycles. The molecule has 1 heterocycles. The SMILES string of the molecule is O=CCC1=[N+]([O-])c2ccccc2C1=O. The lowest BCUT2D eigenvalue weighted by Crippen LogP contribution is -2.15. The molecule has 0 unspecified atom stereocenters. The fourth-order valence-corrected chi connectivity index (χ4v) is 1.49. The number of carbonyl (C=O) groups excluding carboxylic acids is 2. The van der Waals surface area contributed by atoms with Crippen LogP contribution < -0.4 is 0 Å². The van der Waals surface area contributed by atoms with Crippen LogP contribution >= 0.6 is 0 Å². The van der Waals surface area contributed by atoms with Gasteiger partial charge in [-0.05, 0) is 6.07 Å². The molecular formula is C10H7NO3. The first-order valence-corrected chi connectivity index (χ1v) is 4.16. The Hall–Kier alpha value is -1.97. The Kier molecular flexibility index (Phi) is 1.89. The van der Waals surface area contributed by atoms with Crippen LogP contribution in [0, 0.1) is 5.21 Å². The Morgan fingerprint density at radius 2 is 2.07 bits per heavy atom. The fraction of sp³-hybridized carbons (Fsp3) is 0.100. The van der Waals surface area contributed by atoms with Crippen molar-refractivity contribution in [3.05, 3.63) is 35.0 Å². The average Bonchev–Trinajstić information content (AvgIpc) is 2.45. The van der Waals surface area contributed by atoms with Gasteiger partial charge in [-0.2, -0.15) is 4.74 Å². The Bertz CT molecular complexity index is 448. The molecular weight excluding hydrogens is 182 g/mol. The van der Waals surface area contributed by atoms with Crippen LogP contribution in [0.2, 0.25) is 0 Å². The second-order valence-electron chi connectivity index (χ2n) is 2.96. The van der Waals surface area contributed by atoms with Gasteiger partial charge < -0.3 is 10.0 Å². The highest BCUT2D eigenvalue weighted by molar-refractivity contribution is 6.48. The minimum absolute atomic E-state index is 0.00111. The number of nitrogens with zero attached hydrogens (tertiary/aromatic N) is 1. The third-order valence-electron chi connectivity index (χ3n) is 2.15. The summed E-state index contributed by atoms with van der Waals surface area (Å²) in [4.78, 5) is 21.8. The highest BCUT2D eigenvalue weighted by atomic mass is 16.5. The lowest BCUT2D eigenvalue weighted by Gasteiger charge is -1.98. The van der Waals surface area contributed by atoms with Crippen molar-refractivity contribution in [2.45, 2.75) is 6.42 Å². The molecule has 0 bridgehead atoms. The molecule has 0 spiro atoms. The maximum absolute atomic E-state index is 11.6. The predicted molar refractivity (Wildman–Crippen MR) is 49.7 cm³/mol. The zero-order valence-corrected chi connectivity index (χ0v) is 7.27. The highest BCUT2D eigenvalue weighted by Gasteiger charge is 2.34. The van der Waals surface area contributed by atoms with E-state index in [0.29, 0.717) is 22.3 Å². The van der Waals surface area contributed by atoms with Crippen LogP contribution in [-0.4, -0.2) is 22.5 Å².